The minimum atomic E-state index is -0.373. The Morgan fingerprint density at radius 3 is 2.92 bits per heavy atom. The zero-order valence-corrected chi connectivity index (χ0v) is 5.95. The van der Waals surface area contributed by atoms with Crippen LogP contribution in [0.1, 0.15) is 0 Å². The van der Waals surface area contributed by atoms with Crippen molar-refractivity contribution in [2.75, 3.05) is 0 Å². The van der Waals surface area contributed by atoms with E-state index in [4.69, 9.17) is 0 Å². The number of halogens is 1. The van der Waals surface area contributed by atoms with E-state index >= 15 is 0 Å². The summed E-state index contributed by atoms with van der Waals surface area (Å²) in [7, 11) is 0. The molecule has 0 amide bonds. The summed E-state index contributed by atoms with van der Waals surface area (Å²) < 4.78 is 12.4. The fourth-order valence-electron chi connectivity index (χ4n) is 0.808. The van der Waals surface area contributed by atoms with Crippen LogP contribution in [0.25, 0.3) is 11.5 Å². The third-order valence-electron chi connectivity index (χ3n) is 1.34. The summed E-state index contributed by atoms with van der Waals surface area (Å²) in [6, 6.07) is 2.83. The predicted octanol–water partition coefficient (Wildman–Crippen LogP) is 0.806. The van der Waals surface area contributed by atoms with Crippen molar-refractivity contribution in [1.29, 1.82) is 0 Å². The van der Waals surface area contributed by atoms with Crippen molar-refractivity contribution >= 4 is 0 Å². The highest BCUT2D eigenvalue weighted by Gasteiger charge is 2.00. The molecule has 0 spiro atoms. The first-order valence-corrected chi connectivity index (χ1v) is 3.26. The van der Waals surface area contributed by atoms with E-state index in [-0.39, 0.29) is 5.82 Å². The maximum Gasteiger partial charge on any atom is 0.221 e. The molecule has 4 nitrogen and oxygen atoms in total. The molecule has 0 bridgehead atoms. The molecule has 1 radical (unpaired) electrons. The second-order valence-electron chi connectivity index (χ2n) is 2.15. The Kier molecular flexibility index (Phi) is 1.55. The lowest BCUT2D eigenvalue weighted by Crippen LogP contribution is -1.86. The first-order valence-electron chi connectivity index (χ1n) is 3.26. The van der Waals surface area contributed by atoms with Gasteiger partial charge in [0.15, 0.2) is 5.82 Å². The van der Waals surface area contributed by atoms with Crippen molar-refractivity contribution in [1.82, 2.24) is 20.2 Å². The van der Waals surface area contributed by atoms with Crippen molar-refractivity contribution in [3.05, 3.63) is 30.5 Å². The van der Waals surface area contributed by atoms with Crippen molar-refractivity contribution in [2.45, 2.75) is 0 Å². The second kappa shape index (κ2) is 2.69. The van der Waals surface area contributed by atoms with Crippen molar-refractivity contribution < 1.29 is 4.39 Å². The molecular weight excluding hydrogens is 159 g/mol. The molecule has 59 valence electrons. The predicted molar refractivity (Wildman–Crippen MR) is 38.4 cm³/mol. The molecule has 0 aromatic carbocycles. The van der Waals surface area contributed by atoms with Gasteiger partial charge in [-0.3, -0.25) is 5.10 Å². The summed E-state index contributed by atoms with van der Waals surface area (Å²) in [6.07, 6.45) is 3.48. The third-order valence-corrected chi connectivity index (χ3v) is 1.34. The molecule has 2 aromatic rings. The standard InChI is InChI=1S/C7H4FN4/c8-5-1-2-6(9-3-5)7-10-4-11-12-7/h1-3H,(H,10,11,12). The number of aromatic amines is 1. The van der Waals surface area contributed by atoms with Gasteiger partial charge in [0.05, 0.1) is 6.20 Å². The van der Waals surface area contributed by atoms with Gasteiger partial charge in [-0.15, -0.1) is 5.10 Å². The van der Waals surface area contributed by atoms with Crippen LogP contribution in [0.4, 0.5) is 4.39 Å². The lowest BCUT2D eigenvalue weighted by Gasteiger charge is -1.92. The molecular formula is C7H4FN4. The number of H-pyrrole nitrogens is 1. The van der Waals surface area contributed by atoms with Crippen LogP contribution in [-0.2, 0) is 0 Å². The molecule has 0 aliphatic heterocycles. The molecule has 2 heterocycles. The number of nitrogens with zero attached hydrogens (tertiary/aromatic N) is 3. The minimum Gasteiger partial charge on any atom is -0.257 e. The van der Waals surface area contributed by atoms with Gasteiger partial charge in [0.1, 0.15) is 11.5 Å². The lowest BCUT2D eigenvalue weighted by molar-refractivity contribution is 0.621. The zero-order valence-electron chi connectivity index (χ0n) is 5.95. The molecule has 0 unspecified atom stereocenters. The Balaban J connectivity index is 2.43. The number of hydrogen-bond acceptors (Lipinski definition) is 3. The molecule has 0 fully saturated rings. The van der Waals surface area contributed by atoms with Crippen LogP contribution < -0.4 is 0 Å². The topological polar surface area (TPSA) is 54.5 Å². The van der Waals surface area contributed by atoms with Crippen LogP contribution in [0.15, 0.2) is 18.3 Å². The maximum atomic E-state index is 12.4. The number of nitrogens with one attached hydrogen (secondary N) is 1. The Bertz CT molecular complexity index is 353. The van der Waals surface area contributed by atoms with E-state index in [1.807, 2.05) is 0 Å². The van der Waals surface area contributed by atoms with Crippen molar-refractivity contribution in [2.24, 2.45) is 0 Å². The van der Waals surface area contributed by atoms with E-state index < -0.39 is 0 Å². The molecule has 5 heteroatoms. The molecule has 0 aliphatic rings. The van der Waals surface area contributed by atoms with Gasteiger partial charge in [0.2, 0.25) is 6.33 Å². The van der Waals surface area contributed by atoms with Gasteiger partial charge in [-0.05, 0) is 12.1 Å². The number of rotatable bonds is 1. The van der Waals surface area contributed by atoms with Gasteiger partial charge in [-0.1, -0.05) is 0 Å². The highest BCUT2D eigenvalue weighted by atomic mass is 19.1. The van der Waals surface area contributed by atoms with Gasteiger partial charge in [-0.2, -0.15) is 0 Å². The molecule has 1 N–H and O–H groups in total. The molecule has 0 aliphatic carbocycles. The van der Waals surface area contributed by atoms with Crippen LogP contribution in [-0.4, -0.2) is 20.2 Å². The largest absolute Gasteiger partial charge is 0.257 e. The quantitative estimate of drug-likeness (QED) is 0.676. The lowest BCUT2D eigenvalue weighted by atomic mass is 10.3. The van der Waals surface area contributed by atoms with Gasteiger partial charge >= 0.3 is 0 Å². The van der Waals surface area contributed by atoms with Gasteiger partial charge < -0.3 is 0 Å². The summed E-state index contributed by atoms with van der Waals surface area (Å²) in [4.78, 5) is 7.53. The molecule has 2 aromatic heterocycles. The minimum absolute atomic E-state index is 0.373. The average molecular weight is 163 g/mol. The molecule has 0 atom stereocenters. The van der Waals surface area contributed by atoms with Crippen molar-refractivity contribution in [3.63, 3.8) is 0 Å². The van der Waals surface area contributed by atoms with E-state index in [9.17, 15) is 4.39 Å². The van der Waals surface area contributed by atoms with Crippen LogP contribution in [0.3, 0.4) is 0 Å². The highest BCUT2D eigenvalue weighted by molar-refractivity contribution is 5.46. The summed E-state index contributed by atoms with van der Waals surface area (Å²) in [5, 5.41) is 6.10. The molecule has 0 saturated heterocycles. The number of hydrogen-bond donors (Lipinski definition) is 1. The van der Waals surface area contributed by atoms with Crippen LogP contribution >= 0.6 is 0 Å². The second-order valence-corrected chi connectivity index (χ2v) is 2.15. The highest BCUT2D eigenvalue weighted by Crippen LogP contribution is 2.08. The van der Waals surface area contributed by atoms with Crippen LogP contribution in [0.2, 0.25) is 0 Å². The monoisotopic (exact) mass is 163 g/mol. The summed E-state index contributed by atoms with van der Waals surface area (Å²) >= 11 is 0. The number of pyridine rings is 1. The van der Waals surface area contributed by atoms with E-state index in [1.54, 1.807) is 0 Å². The van der Waals surface area contributed by atoms with E-state index in [1.165, 1.54) is 12.1 Å². The smallest absolute Gasteiger partial charge is 0.221 e. The van der Waals surface area contributed by atoms with Crippen LogP contribution in [0, 0.1) is 12.1 Å². The zero-order chi connectivity index (χ0) is 8.39. The maximum absolute atomic E-state index is 12.4. The Morgan fingerprint density at radius 1 is 1.42 bits per heavy atom. The Labute approximate surface area is 67.5 Å². The average Bonchev–Trinajstić information content (AvgIpc) is 2.58. The van der Waals surface area contributed by atoms with E-state index in [0.29, 0.717) is 11.5 Å². The fourth-order valence-corrected chi connectivity index (χ4v) is 0.808. The van der Waals surface area contributed by atoms with Gasteiger partial charge in [0, 0.05) is 0 Å². The number of aromatic nitrogens is 4. The normalized spacial score (nSPS) is 10.1. The van der Waals surface area contributed by atoms with E-state index in [2.05, 4.69) is 26.5 Å². The first-order chi connectivity index (χ1) is 5.86. The molecule has 2 rings (SSSR count). The SMILES string of the molecule is Fc1ccc(-c2n[c]n[nH]2)nc1. The first kappa shape index (κ1) is 6.90. The van der Waals surface area contributed by atoms with E-state index in [0.717, 1.165) is 6.20 Å². The summed E-state index contributed by atoms with van der Waals surface area (Å²) in [6.45, 7) is 0. The Hall–Kier alpha value is -1.78. The third kappa shape index (κ3) is 1.16. The molecule has 0 saturated carbocycles. The summed E-state index contributed by atoms with van der Waals surface area (Å²) in [5.41, 5.74) is 0.546. The molecule has 12 heavy (non-hydrogen) atoms. The van der Waals surface area contributed by atoms with Gasteiger partial charge in [0.25, 0.3) is 0 Å². The Morgan fingerprint density at radius 2 is 2.33 bits per heavy atom. The fraction of sp³-hybridized carbons (Fsp3) is 0. The van der Waals surface area contributed by atoms with Crippen LogP contribution in [0.5, 0.6) is 0 Å². The summed E-state index contributed by atoms with van der Waals surface area (Å²) in [5.74, 6) is 0.109. The van der Waals surface area contributed by atoms with Gasteiger partial charge in [-0.25, -0.2) is 14.4 Å². The van der Waals surface area contributed by atoms with Crippen molar-refractivity contribution in [3.8, 4) is 11.5 Å².